The van der Waals surface area contributed by atoms with E-state index in [4.69, 9.17) is 21.1 Å². The summed E-state index contributed by atoms with van der Waals surface area (Å²) < 4.78 is 40.3. The molecule has 4 aromatic carbocycles. The Morgan fingerprint density at radius 3 is 2.17 bits per heavy atom. The Hall–Kier alpha value is -4.54. The van der Waals surface area contributed by atoms with E-state index in [2.05, 4.69) is 5.32 Å². The molecule has 0 bridgehead atoms. The van der Waals surface area contributed by atoms with E-state index in [0.717, 1.165) is 9.87 Å². The minimum Gasteiger partial charge on any atom is -0.497 e. The Balaban J connectivity index is 1.82. The molecule has 0 heterocycles. The van der Waals surface area contributed by atoms with E-state index in [9.17, 15) is 18.0 Å². The van der Waals surface area contributed by atoms with Crippen LogP contribution in [0.2, 0.25) is 5.02 Å². The second-order valence-electron chi connectivity index (χ2n) is 10.5. The second kappa shape index (κ2) is 16.1. The van der Waals surface area contributed by atoms with Crippen molar-refractivity contribution in [2.75, 3.05) is 31.6 Å². The molecule has 0 aliphatic rings. The molecule has 1 unspecified atom stereocenters. The highest BCUT2D eigenvalue weighted by atomic mass is 35.5. The maximum atomic E-state index is 14.6. The number of carbonyl (C=O) groups excluding carboxylic acids is 2. The number of nitrogens with one attached hydrogen (secondary N) is 1. The minimum atomic E-state index is -4.31. The summed E-state index contributed by atoms with van der Waals surface area (Å²) in [6.45, 7) is 1.76. The van der Waals surface area contributed by atoms with Crippen molar-refractivity contribution >= 4 is 39.1 Å². The number of para-hydroxylation sites is 2. The Morgan fingerprint density at radius 1 is 0.848 bits per heavy atom. The molecule has 9 nitrogen and oxygen atoms in total. The molecule has 0 spiro atoms. The minimum absolute atomic E-state index is 0.0127. The van der Waals surface area contributed by atoms with Crippen molar-refractivity contribution in [2.24, 2.45) is 0 Å². The third-order valence-electron chi connectivity index (χ3n) is 7.34. The monoisotopic (exact) mass is 663 g/mol. The summed E-state index contributed by atoms with van der Waals surface area (Å²) in [4.78, 5) is 29.7. The Bertz CT molecular complexity index is 1720. The van der Waals surface area contributed by atoms with Crippen molar-refractivity contribution < 1.29 is 27.5 Å². The van der Waals surface area contributed by atoms with Gasteiger partial charge in [-0.2, -0.15) is 0 Å². The number of nitrogens with zero attached hydrogens (tertiary/aromatic N) is 2. The van der Waals surface area contributed by atoms with E-state index in [0.29, 0.717) is 29.3 Å². The molecule has 0 saturated carbocycles. The number of rotatable bonds is 15. The lowest BCUT2D eigenvalue weighted by atomic mass is 10.0. The summed E-state index contributed by atoms with van der Waals surface area (Å²) in [7, 11) is -1.39. The standard InChI is InChI=1S/C35H38ClN3O6S/c1-4-21-37-35(41)32(23-26-11-6-5-7-12-26)38(24-27-13-10-14-28(36)22-27)34(40)25-39(31-15-8-9-16-33(31)45-3)46(42,43)30-19-17-29(44-2)18-20-30/h5-20,22,32H,4,21,23-25H2,1-3H3,(H,37,41). The quantitative estimate of drug-likeness (QED) is 0.175. The predicted octanol–water partition coefficient (Wildman–Crippen LogP) is 5.72. The van der Waals surface area contributed by atoms with Gasteiger partial charge < -0.3 is 19.7 Å². The van der Waals surface area contributed by atoms with Gasteiger partial charge in [0.2, 0.25) is 11.8 Å². The van der Waals surface area contributed by atoms with Gasteiger partial charge in [0.05, 0.1) is 24.8 Å². The van der Waals surface area contributed by atoms with Gasteiger partial charge in [-0.25, -0.2) is 8.42 Å². The second-order valence-corrected chi connectivity index (χ2v) is 12.8. The summed E-state index contributed by atoms with van der Waals surface area (Å²) in [5.41, 5.74) is 1.70. The molecule has 11 heteroatoms. The van der Waals surface area contributed by atoms with Crippen LogP contribution in [0.3, 0.4) is 0 Å². The van der Waals surface area contributed by atoms with Crippen LogP contribution in [0, 0.1) is 0 Å². The van der Waals surface area contributed by atoms with Crippen LogP contribution >= 0.6 is 11.6 Å². The fourth-order valence-electron chi connectivity index (χ4n) is 4.98. The van der Waals surface area contributed by atoms with Gasteiger partial charge in [-0.15, -0.1) is 0 Å². The Labute approximate surface area is 275 Å². The lowest BCUT2D eigenvalue weighted by Gasteiger charge is -2.34. The first-order chi connectivity index (χ1) is 22.2. The molecular formula is C35H38ClN3O6S. The highest BCUT2D eigenvalue weighted by Gasteiger charge is 2.35. The Kier molecular flexibility index (Phi) is 12.1. The van der Waals surface area contributed by atoms with E-state index in [1.165, 1.54) is 43.4 Å². The molecule has 4 rings (SSSR count). The first-order valence-electron chi connectivity index (χ1n) is 14.8. The molecule has 0 radical (unpaired) electrons. The number of methoxy groups -OCH3 is 2. The van der Waals surface area contributed by atoms with Crippen LogP contribution in [0.15, 0.2) is 108 Å². The topological polar surface area (TPSA) is 105 Å². The third-order valence-corrected chi connectivity index (χ3v) is 9.35. The highest BCUT2D eigenvalue weighted by molar-refractivity contribution is 7.92. The molecule has 0 fully saturated rings. The number of hydrogen-bond acceptors (Lipinski definition) is 6. The molecule has 0 aliphatic carbocycles. The zero-order chi connectivity index (χ0) is 33.1. The van der Waals surface area contributed by atoms with Crippen molar-refractivity contribution in [1.82, 2.24) is 10.2 Å². The zero-order valence-corrected chi connectivity index (χ0v) is 27.6. The summed E-state index contributed by atoms with van der Waals surface area (Å²) in [5.74, 6) is -0.192. The smallest absolute Gasteiger partial charge is 0.264 e. The molecule has 1 atom stereocenters. The number of benzene rings is 4. The van der Waals surface area contributed by atoms with Crippen molar-refractivity contribution in [3.63, 3.8) is 0 Å². The molecule has 1 N–H and O–H groups in total. The SMILES string of the molecule is CCCNC(=O)C(Cc1ccccc1)N(Cc1cccc(Cl)c1)C(=O)CN(c1ccccc1OC)S(=O)(=O)c1ccc(OC)cc1. The van der Waals surface area contributed by atoms with Crippen LogP contribution < -0.4 is 19.1 Å². The fourth-order valence-corrected chi connectivity index (χ4v) is 6.61. The van der Waals surface area contributed by atoms with Crippen LogP contribution in [0.25, 0.3) is 0 Å². The number of sulfonamides is 1. The van der Waals surface area contributed by atoms with Gasteiger partial charge in [-0.1, -0.05) is 73.1 Å². The number of carbonyl (C=O) groups is 2. The summed E-state index contributed by atoms with van der Waals surface area (Å²) in [5, 5.41) is 3.40. The first kappa shape index (κ1) is 34.3. The average molecular weight is 664 g/mol. The number of halogens is 1. The van der Waals surface area contributed by atoms with Gasteiger partial charge in [-0.05, 0) is 66.1 Å². The number of ether oxygens (including phenoxy) is 2. The molecule has 0 saturated heterocycles. The van der Waals surface area contributed by atoms with Gasteiger partial charge in [-0.3, -0.25) is 13.9 Å². The lowest BCUT2D eigenvalue weighted by molar-refractivity contribution is -0.140. The maximum absolute atomic E-state index is 14.6. The van der Waals surface area contributed by atoms with E-state index >= 15 is 0 Å². The first-order valence-corrected chi connectivity index (χ1v) is 16.6. The average Bonchev–Trinajstić information content (AvgIpc) is 3.08. The van der Waals surface area contributed by atoms with E-state index in [1.54, 1.807) is 42.5 Å². The van der Waals surface area contributed by atoms with E-state index in [-0.39, 0.29) is 35.2 Å². The fraction of sp³-hybridized carbons (Fsp3) is 0.257. The van der Waals surface area contributed by atoms with Crippen LogP contribution in [-0.2, 0) is 32.6 Å². The molecule has 2 amide bonds. The van der Waals surface area contributed by atoms with Gasteiger partial charge in [0.25, 0.3) is 10.0 Å². The van der Waals surface area contributed by atoms with E-state index < -0.39 is 28.5 Å². The van der Waals surface area contributed by atoms with Gasteiger partial charge in [0, 0.05) is 24.5 Å². The Morgan fingerprint density at radius 2 is 1.52 bits per heavy atom. The summed E-state index contributed by atoms with van der Waals surface area (Å²) in [6, 6.07) is 27.9. The van der Waals surface area contributed by atoms with Crippen LogP contribution in [0.1, 0.15) is 24.5 Å². The van der Waals surface area contributed by atoms with Crippen molar-refractivity contribution in [3.8, 4) is 11.5 Å². The normalized spacial score (nSPS) is 11.7. The molecule has 0 aliphatic heterocycles. The zero-order valence-electron chi connectivity index (χ0n) is 26.1. The van der Waals surface area contributed by atoms with Crippen LogP contribution in [0.5, 0.6) is 11.5 Å². The van der Waals surface area contributed by atoms with Crippen LogP contribution in [-0.4, -0.2) is 58.5 Å². The highest BCUT2D eigenvalue weighted by Crippen LogP contribution is 2.33. The van der Waals surface area contributed by atoms with Crippen LogP contribution in [0.4, 0.5) is 5.69 Å². The van der Waals surface area contributed by atoms with Crippen molar-refractivity contribution in [3.05, 3.63) is 119 Å². The number of anilines is 1. The predicted molar refractivity (Wildman–Crippen MR) is 180 cm³/mol. The third kappa shape index (κ3) is 8.58. The molecular weight excluding hydrogens is 626 g/mol. The van der Waals surface area contributed by atoms with Gasteiger partial charge >= 0.3 is 0 Å². The molecule has 0 aromatic heterocycles. The number of amides is 2. The maximum Gasteiger partial charge on any atom is 0.264 e. The largest absolute Gasteiger partial charge is 0.497 e. The molecule has 4 aromatic rings. The molecule has 242 valence electrons. The summed E-state index contributed by atoms with van der Waals surface area (Å²) >= 11 is 6.30. The van der Waals surface area contributed by atoms with E-state index in [1.807, 2.05) is 43.3 Å². The summed E-state index contributed by atoms with van der Waals surface area (Å²) in [6.07, 6.45) is 0.913. The van der Waals surface area contributed by atoms with Gasteiger partial charge in [0.1, 0.15) is 24.1 Å². The molecule has 46 heavy (non-hydrogen) atoms. The van der Waals surface area contributed by atoms with Crippen molar-refractivity contribution in [2.45, 2.75) is 37.2 Å². The van der Waals surface area contributed by atoms with Gasteiger partial charge in [0.15, 0.2) is 0 Å². The number of hydrogen-bond donors (Lipinski definition) is 1. The van der Waals surface area contributed by atoms with Crippen molar-refractivity contribution in [1.29, 1.82) is 0 Å². The lowest BCUT2D eigenvalue weighted by Crippen LogP contribution is -2.53.